The first-order valence-corrected chi connectivity index (χ1v) is 17.2. The van der Waals surface area contributed by atoms with Gasteiger partial charge in [-0.15, -0.1) is 4.40 Å². The highest BCUT2D eigenvalue weighted by molar-refractivity contribution is 7.90. The number of benzene rings is 6. The summed E-state index contributed by atoms with van der Waals surface area (Å²) in [6.45, 7) is 1.92. The van der Waals surface area contributed by atoms with Crippen LogP contribution in [0.2, 0.25) is 0 Å². The van der Waals surface area contributed by atoms with E-state index >= 15 is 0 Å². The maximum atomic E-state index is 14.1. The summed E-state index contributed by atoms with van der Waals surface area (Å²) in [5.41, 5.74) is 3.89. The second kappa shape index (κ2) is 11.8. The monoisotopic (exact) mass is 645 g/mol. The van der Waals surface area contributed by atoms with E-state index in [4.69, 9.17) is 9.84 Å². The number of para-hydroxylation sites is 1. The Kier molecular flexibility index (Phi) is 7.26. The van der Waals surface area contributed by atoms with E-state index in [-0.39, 0.29) is 10.8 Å². The molecule has 0 fully saturated rings. The molecule has 0 saturated carbocycles. The molecule has 0 radical (unpaired) electrons. The number of ether oxygens (including phenoxy) is 1. The van der Waals surface area contributed by atoms with Gasteiger partial charge in [0.05, 0.1) is 22.2 Å². The molecule has 0 amide bonds. The van der Waals surface area contributed by atoms with Gasteiger partial charge < -0.3 is 4.74 Å². The molecule has 0 aliphatic carbocycles. The van der Waals surface area contributed by atoms with E-state index in [0.717, 1.165) is 44.4 Å². The minimum absolute atomic E-state index is 0.0265. The molecule has 234 valence electrons. The van der Waals surface area contributed by atoms with Gasteiger partial charge in [-0.25, -0.2) is 5.01 Å². The van der Waals surface area contributed by atoms with Crippen LogP contribution in [0.15, 0.2) is 178 Å². The second-order valence-corrected chi connectivity index (χ2v) is 13.6. The van der Waals surface area contributed by atoms with Crippen molar-refractivity contribution in [1.29, 1.82) is 0 Å². The smallest absolute Gasteiger partial charge is 0.285 e. The summed E-state index contributed by atoms with van der Waals surface area (Å²) in [4.78, 5) is 0.0863. The molecule has 2 aliphatic rings. The lowest BCUT2D eigenvalue weighted by Gasteiger charge is -2.36. The molecule has 48 heavy (non-hydrogen) atoms. The zero-order chi connectivity index (χ0) is 32.7. The molecule has 8 rings (SSSR count). The van der Waals surface area contributed by atoms with Crippen LogP contribution in [0.4, 0.5) is 5.69 Å². The summed E-state index contributed by atoms with van der Waals surface area (Å²) in [5, 5.41) is 9.43. The molecular formula is C41H31N3O3S. The van der Waals surface area contributed by atoms with Gasteiger partial charge in [0.15, 0.2) is 5.54 Å². The summed E-state index contributed by atoms with van der Waals surface area (Å²) in [5.74, 6) is 0.0150. The van der Waals surface area contributed by atoms with Gasteiger partial charge in [0.1, 0.15) is 5.76 Å². The molecule has 1 spiro atoms. The Balaban J connectivity index is 1.46. The summed E-state index contributed by atoms with van der Waals surface area (Å²) in [6, 6.07) is 50.7. The Bertz CT molecular complexity index is 2330. The number of hydrazone groups is 1. The summed E-state index contributed by atoms with van der Waals surface area (Å²) in [7, 11) is -4.21. The average molecular weight is 646 g/mol. The molecule has 2 aliphatic heterocycles. The van der Waals surface area contributed by atoms with E-state index in [2.05, 4.69) is 40.8 Å². The minimum atomic E-state index is -4.21. The Hall–Kier alpha value is -5.79. The average Bonchev–Trinajstić information content (AvgIpc) is 3.67. The first-order valence-electron chi connectivity index (χ1n) is 15.8. The van der Waals surface area contributed by atoms with Crippen LogP contribution in [0.25, 0.3) is 16.5 Å². The van der Waals surface area contributed by atoms with Crippen molar-refractivity contribution >= 4 is 43.9 Å². The highest BCUT2D eigenvalue weighted by Gasteiger charge is 2.60. The van der Waals surface area contributed by atoms with Crippen molar-refractivity contribution < 1.29 is 13.2 Å². The standard InChI is InChI=1S/C41H31N3O3S/c1-29-24-26-34(27-25-29)48(45,46)43-40-41(28-37(47-40)31-15-5-2-6-16-31)38(32-17-7-3-8-18-32)39(42-44(41)33-20-9-4-10-21-33)36-23-13-19-30-14-11-12-22-35(30)36/h2-28,38H,1H3/b43-40-. The lowest BCUT2D eigenvalue weighted by atomic mass is 9.74. The topological polar surface area (TPSA) is 71.3 Å². The Morgan fingerprint density at radius 3 is 2.06 bits per heavy atom. The molecule has 0 saturated heterocycles. The third-order valence-electron chi connectivity index (χ3n) is 8.95. The van der Waals surface area contributed by atoms with Crippen LogP contribution in [0.3, 0.4) is 0 Å². The van der Waals surface area contributed by atoms with Crippen LogP contribution < -0.4 is 5.01 Å². The number of sulfonamides is 1. The number of hydrogen-bond acceptors (Lipinski definition) is 5. The molecule has 6 nitrogen and oxygen atoms in total. The molecular weight excluding hydrogens is 615 g/mol. The first-order chi connectivity index (χ1) is 23.4. The maximum Gasteiger partial charge on any atom is 0.285 e. The van der Waals surface area contributed by atoms with E-state index < -0.39 is 21.5 Å². The highest BCUT2D eigenvalue weighted by atomic mass is 32.2. The van der Waals surface area contributed by atoms with Gasteiger partial charge in [-0.05, 0) is 53.6 Å². The zero-order valence-corrected chi connectivity index (χ0v) is 27.0. The molecule has 0 bridgehead atoms. The van der Waals surface area contributed by atoms with E-state index in [0.29, 0.717) is 5.76 Å². The van der Waals surface area contributed by atoms with E-state index in [1.54, 1.807) is 24.3 Å². The number of hydrogen-bond donors (Lipinski definition) is 0. The molecule has 2 unspecified atom stereocenters. The number of anilines is 1. The SMILES string of the molecule is Cc1ccc(S(=O)(=O)/N=C2\OC(c3ccccc3)=CC23C(c2ccccc2)C(c2cccc4ccccc24)=NN3c2ccccc2)cc1. The quantitative estimate of drug-likeness (QED) is 0.182. The van der Waals surface area contributed by atoms with Crippen LogP contribution in [0.1, 0.15) is 28.2 Å². The predicted molar refractivity (Wildman–Crippen MR) is 193 cm³/mol. The maximum absolute atomic E-state index is 14.1. The molecule has 6 aromatic carbocycles. The molecule has 0 aromatic heterocycles. The fourth-order valence-corrected chi connectivity index (χ4v) is 7.67. The van der Waals surface area contributed by atoms with E-state index in [1.165, 1.54) is 0 Å². The number of nitrogens with zero attached hydrogens (tertiary/aromatic N) is 3. The van der Waals surface area contributed by atoms with Crippen molar-refractivity contribution in [3.63, 3.8) is 0 Å². The summed E-state index contributed by atoms with van der Waals surface area (Å²) >= 11 is 0. The van der Waals surface area contributed by atoms with Gasteiger partial charge >= 0.3 is 0 Å². The van der Waals surface area contributed by atoms with Crippen molar-refractivity contribution in [1.82, 2.24) is 0 Å². The lowest BCUT2D eigenvalue weighted by molar-refractivity contribution is 0.474. The number of fused-ring (bicyclic) bond motifs is 1. The van der Waals surface area contributed by atoms with E-state index in [1.807, 2.05) is 115 Å². The van der Waals surface area contributed by atoms with Crippen LogP contribution in [0.5, 0.6) is 0 Å². The van der Waals surface area contributed by atoms with Crippen molar-refractivity contribution in [2.75, 3.05) is 5.01 Å². The molecule has 2 heterocycles. The molecule has 0 N–H and O–H groups in total. The van der Waals surface area contributed by atoms with Gasteiger partial charge in [0.25, 0.3) is 10.0 Å². The van der Waals surface area contributed by atoms with Crippen LogP contribution in [-0.4, -0.2) is 25.6 Å². The van der Waals surface area contributed by atoms with Crippen LogP contribution in [-0.2, 0) is 14.8 Å². The van der Waals surface area contributed by atoms with Gasteiger partial charge in [0.2, 0.25) is 5.90 Å². The number of rotatable bonds is 6. The predicted octanol–water partition coefficient (Wildman–Crippen LogP) is 8.75. The number of aryl methyl sites for hydroxylation is 1. The fourth-order valence-electron chi connectivity index (χ4n) is 6.68. The molecule has 2 atom stereocenters. The van der Waals surface area contributed by atoms with Gasteiger partial charge in [0, 0.05) is 11.1 Å². The summed E-state index contributed by atoms with van der Waals surface area (Å²) < 4.78 is 39.5. The normalized spacial score (nSPS) is 19.8. The highest BCUT2D eigenvalue weighted by Crippen LogP contribution is 2.52. The fraction of sp³-hybridized carbons (Fsp3) is 0.0732. The van der Waals surface area contributed by atoms with Crippen molar-refractivity contribution in [2.45, 2.75) is 23.3 Å². The van der Waals surface area contributed by atoms with E-state index in [9.17, 15) is 8.42 Å². The van der Waals surface area contributed by atoms with Gasteiger partial charge in [-0.2, -0.15) is 13.5 Å². The van der Waals surface area contributed by atoms with Gasteiger partial charge in [-0.3, -0.25) is 0 Å². The first kappa shape index (κ1) is 29.6. The second-order valence-electron chi connectivity index (χ2n) is 12.0. The zero-order valence-electron chi connectivity index (χ0n) is 26.1. The van der Waals surface area contributed by atoms with Crippen molar-refractivity contribution in [3.8, 4) is 0 Å². The summed E-state index contributed by atoms with van der Waals surface area (Å²) in [6.07, 6.45) is 2.00. The van der Waals surface area contributed by atoms with Crippen molar-refractivity contribution in [3.05, 3.63) is 186 Å². The Morgan fingerprint density at radius 2 is 1.33 bits per heavy atom. The van der Waals surface area contributed by atoms with Crippen LogP contribution in [0, 0.1) is 6.92 Å². The molecule has 6 aromatic rings. The van der Waals surface area contributed by atoms with Crippen LogP contribution >= 0.6 is 0 Å². The lowest BCUT2D eigenvalue weighted by Crippen LogP contribution is -2.51. The molecule has 7 heteroatoms. The van der Waals surface area contributed by atoms with Crippen molar-refractivity contribution in [2.24, 2.45) is 9.50 Å². The Labute approximate surface area is 280 Å². The minimum Gasteiger partial charge on any atom is -0.439 e. The third-order valence-corrected chi connectivity index (χ3v) is 10.2. The Morgan fingerprint density at radius 1 is 0.708 bits per heavy atom. The largest absolute Gasteiger partial charge is 0.439 e. The third kappa shape index (κ3) is 5.00. The van der Waals surface area contributed by atoms with Gasteiger partial charge in [-0.1, -0.05) is 139 Å².